The van der Waals surface area contributed by atoms with Crippen LogP contribution in [0.25, 0.3) is 0 Å². The summed E-state index contributed by atoms with van der Waals surface area (Å²) in [5.41, 5.74) is 3.19. The molecular weight excluding hydrogens is 466 g/mol. The highest BCUT2D eigenvalue weighted by Crippen LogP contribution is 2.48. The molecule has 4 aromatic rings. The number of benzene rings is 3. The van der Waals surface area contributed by atoms with Crippen molar-refractivity contribution in [2.45, 2.75) is 38.2 Å². The maximum atomic E-state index is 13.1. The summed E-state index contributed by atoms with van der Waals surface area (Å²) in [6.07, 6.45) is 2.58. The van der Waals surface area contributed by atoms with Crippen LogP contribution in [-0.2, 0) is 24.2 Å². The van der Waals surface area contributed by atoms with E-state index in [1.165, 1.54) is 0 Å². The molecule has 0 saturated heterocycles. The Morgan fingerprint density at radius 2 is 1.62 bits per heavy atom. The molecule has 1 amide bonds. The van der Waals surface area contributed by atoms with Crippen LogP contribution < -0.4 is 10.9 Å². The predicted octanol–water partition coefficient (Wildman–Crippen LogP) is 6.42. The molecule has 1 aliphatic carbocycles. The van der Waals surface area contributed by atoms with Gasteiger partial charge in [0.1, 0.15) is 18.1 Å². The zero-order chi connectivity index (χ0) is 25.6. The molecule has 1 aromatic heterocycles. The third-order valence-corrected chi connectivity index (χ3v) is 6.63. The van der Waals surface area contributed by atoms with E-state index in [9.17, 15) is 14.7 Å². The molecule has 188 valence electrons. The number of nitrogens with one attached hydrogen (secondary N) is 1. The molecule has 5 rings (SSSR count). The van der Waals surface area contributed by atoms with Crippen molar-refractivity contribution >= 4 is 11.8 Å². The summed E-state index contributed by atoms with van der Waals surface area (Å²) in [7, 11) is 0. The number of aryl methyl sites for hydroxylation is 2. The second-order valence-electron chi connectivity index (χ2n) is 9.41. The zero-order valence-corrected chi connectivity index (χ0v) is 20.4. The lowest BCUT2D eigenvalue weighted by molar-refractivity contribution is 0.155. The van der Waals surface area contributed by atoms with Crippen molar-refractivity contribution in [1.82, 2.24) is 0 Å². The van der Waals surface area contributed by atoms with Crippen LogP contribution in [0.15, 0.2) is 100 Å². The molecule has 1 saturated carbocycles. The van der Waals surface area contributed by atoms with Gasteiger partial charge in [0.25, 0.3) is 0 Å². The van der Waals surface area contributed by atoms with E-state index < -0.39 is 11.7 Å². The number of hydrogen-bond donors (Lipinski definition) is 2. The van der Waals surface area contributed by atoms with Gasteiger partial charge in [0.2, 0.25) is 0 Å². The van der Waals surface area contributed by atoms with E-state index >= 15 is 0 Å². The fourth-order valence-electron chi connectivity index (χ4n) is 4.65. The first-order chi connectivity index (χ1) is 18.1. The normalized spacial score (nSPS) is 13.6. The fourth-order valence-corrected chi connectivity index (χ4v) is 4.65. The molecule has 1 unspecified atom stereocenters. The average Bonchev–Trinajstić information content (AvgIpc) is 3.75. The topological polar surface area (TPSA) is 88.8 Å². The van der Waals surface area contributed by atoms with Gasteiger partial charge in [0.15, 0.2) is 0 Å². The molecular formula is C31H29NO5. The van der Waals surface area contributed by atoms with Crippen molar-refractivity contribution < 1.29 is 19.1 Å². The van der Waals surface area contributed by atoms with E-state index in [0.717, 1.165) is 29.5 Å². The highest BCUT2D eigenvalue weighted by atomic mass is 16.5. The summed E-state index contributed by atoms with van der Waals surface area (Å²) in [4.78, 5) is 25.4. The Morgan fingerprint density at radius 1 is 0.919 bits per heavy atom. The summed E-state index contributed by atoms with van der Waals surface area (Å²) < 4.78 is 11.0. The molecule has 1 aliphatic rings. The molecule has 37 heavy (non-hydrogen) atoms. The number of anilines is 1. The number of ether oxygens (including phenoxy) is 1. The van der Waals surface area contributed by atoms with Crippen LogP contribution in [0.3, 0.4) is 0 Å². The minimum absolute atomic E-state index is 0.0446. The molecule has 1 atom stereocenters. The SMILES string of the molecule is O=C(Nc1cccc(C(c2c(O)cc(CCc3ccccc3)oc2=O)C2CC2)c1)OCc1ccccc1. The second kappa shape index (κ2) is 11.2. The Kier molecular flexibility index (Phi) is 7.36. The van der Waals surface area contributed by atoms with Crippen molar-refractivity contribution in [3.05, 3.63) is 129 Å². The molecule has 0 bridgehead atoms. The lowest BCUT2D eigenvalue weighted by atomic mass is 9.87. The van der Waals surface area contributed by atoms with Gasteiger partial charge in [0, 0.05) is 24.1 Å². The number of hydrogen-bond acceptors (Lipinski definition) is 5. The Labute approximate surface area is 215 Å². The first-order valence-corrected chi connectivity index (χ1v) is 12.5. The Balaban J connectivity index is 1.32. The highest BCUT2D eigenvalue weighted by Gasteiger charge is 2.37. The molecule has 1 heterocycles. The van der Waals surface area contributed by atoms with Crippen molar-refractivity contribution in [3.63, 3.8) is 0 Å². The largest absolute Gasteiger partial charge is 0.507 e. The minimum atomic E-state index is -0.561. The lowest BCUT2D eigenvalue weighted by Crippen LogP contribution is -2.17. The highest BCUT2D eigenvalue weighted by molar-refractivity contribution is 5.84. The monoisotopic (exact) mass is 495 g/mol. The number of aromatic hydroxyl groups is 1. The first-order valence-electron chi connectivity index (χ1n) is 12.5. The predicted molar refractivity (Wildman–Crippen MR) is 142 cm³/mol. The second-order valence-corrected chi connectivity index (χ2v) is 9.41. The molecule has 6 nitrogen and oxygen atoms in total. The van der Waals surface area contributed by atoms with Gasteiger partial charge < -0.3 is 14.3 Å². The van der Waals surface area contributed by atoms with E-state index in [4.69, 9.17) is 9.15 Å². The molecule has 6 heteroatoms. The van der Waals surface area contributed by atoms with Gasteiger partial charge in [-0.1, -0.05) is 72.8 Å². The molecule has 2 N–H and O–H groups in total. The molecule has 0 radical (unpaired) electrons. The summed E-state index contributed by atoms with van der Waals surface area (Å²) >= 11 is 0. The van der Waals surface area contributed by atoms with E-state index in [2.05, 4.69) is 5.32 Å². The third-order valence-electron chi connectivity index (χ3n) is 6.63. The van der Waals surface area contributed by atoms with Gasteiger partial charge in [-0.05, 0) is 54.0 Å². The van der Waals surface area contributed by atoms with Crippen LogP contribution in [-0.4, -0.2) is 11.2 Å². The standard InChI is InChI=1S/C31H29NO5/c33-27-19-26(17-14-21-8-3-1-4-9-21)37-30(34)29(27)28(23-15-16-23)24-12-7-13-25(18-24)32-31(35)36-20-22-10-5-2-6-11-22/h1-13,18-19,23,28,33H,14-17,20H2,(H,32,35). The fraction of sp³-hybridized carbons (Fsp3) is 0.226. The van der Waals surface area contributed by atoms with Crippen molar-refractivity contribution in [2.75, 3.05) is 5.32 Å². The average molecular weight is 496 g/mol. The summed E-state index contributed by atoms with van der Waals surface area (Å²) in [5.74, 6) is 0.323. The first kappa shape index (κ1) is 24.4. The van der Waals surface area contributed by atoms with Crippen LogP contribution in [0.5, 0.6) is 5.75 Å². The number of carbonyl (C=O) groups excluding carboxylic acids is 1. The lowest BCUT2D eigenvalue weighted by Gasteiger charge is -2.19. The number of amides is 1. The Morgan fingerprint density at radius 3 is 2.30 bits per heavy atom. The molecule has 0 spiro atoms. The zero-order valence-electron chi connectivity index (χ0n) is 20.4. The summed E-state index contributed by atoms with van der Waals surface area (Å²) in [6, 6.07) is 28.3. The van der Waals surface area contributed by atoms with Crippen molar-refractivity contribution in [1.29, 1.82) is 0 Å². The van der Waals surface area contributed by atoms with Crippen LogP contribution in [0.4, 0.5) is 10.5 Å². The molecule has 0 aliphatic heterocycles. The van der Waals surface area contributed by atoms with Crippen molar-refractivity contribution in [3.8, 4) is 5.75 Å². The smallest absolute Gasteiger partial charge is 0.411 e. The number of carbonyl (C=O) groups is 1. The molecule has 3 aromatic carbocycles. The van der Waals surface area contributed by atoms with Crippen LogP contribution in [0, 0.1) is 5.92 Å². The van der Waals surface area contributed by atoms with E-state index in [-0.39, 0.29) is 29.8 Å². The Hall–Kier alpha value is -4.32. The minimum Gasteiger partial charge on any atom is -0.507 e. The van der Waals surface area contributed by atoms with Crippen LogP contribution in [0.2, 0.25) is 0 Å². The summed E-state index contributed by atoms with van der Waals surface area (Å²) in [6.45, 7) is 0.169. The quantitative estimate of drug-likeness (QED) is 0.280. The van der Waals surface area contributed by atoms with Crippen molar-refractivity contribution in [2.24, 2.45) is 5.92 Å². The van der Waals surface area contributed by atoms with Crippen LogP contribution >= 0.6 is 0 Å². The van der Waals surface area contributed by atoms with Crippen LogP contribution in [0.1, 0.15) is 46.8 Å². The molecule has 1 fully saturated rings. The van der Waals surface area contributed by atoms with E-state index in [1.807, 2.05) is 78.9 Å². The third kappa shape index (κ3) is 6.28. The maximum Gasteiger partial charge on any atom is 0.411 e. The van der Waals surface area contributed by atoms with Gasteiger partial charge in [-0.3, -0.25) is 5.32 Å². The van der Waals surface area contributed by atoms with Gasteiger partial charge in [0.05, 0.1) is 5.56 Å². The maximum absolute atomic E-state index is 13.1. The van der Waals surface area contributed by atoms with Gasteiger partial charge in [-0.2, -0.15) is 0 Å². The van der Waals surface area contributed by atoms with Gasteiger partial charge >= 0.3 is 11.7 Å². The van der Waals surface area contributed by atoms with E-state index in [1.54, 1.807) is 12.1 Å². The summed E-state index contributed by atoms with van der Waals surface area (Å²) in [5, 5.41) is 13.7. The van der Waals surface area contributed by atoms with Gasteiger partial charge in [-0.25, -0.2) is 9.59 Å². The Bertz CT molecular complexity index is 1410. The van der Waals surface area contributed by atoms with Gasteiger partial charge in [-0.15, -0.1) is 0 Å². The van der Waals surface area contributed by atoms with E-state index in [0.29, 0.717) is 24.3 Å². The number of rotatable bonds is 9.